The SMILES string of the molecule is CC/C=C\C/C=C\C/C=C\C/C=C\C/C=C\C/C=C\CCCCCCC(=O)OC(COC(=O)CCCCCCC/C=C\C/C=C\CCCCC)COC(=O)CCCCCCCCCCCCCC/C=C\C/C=C\C/C=C\C/C=C\CC. The topological polar surface area (TPSA) is 78.9 Å². The molecule has 0 aliphatic carbocycles. The third-order valence-corrected chi connectivity index (χ3v) is 13.8. The number of hydrogen-bond acceptors (Lipinski definition) is 6. The van der Waals surface area contributed by atoms with Crippen LogP contribution >= 0.6 is 0 Å². The van der Waals surface area contributed by atoms with Gasteiger partial charge in [0.2, 0.25) is 0 Å². The Balaban J connectivity index is 4.43. The van der Waals surface area contributed by atoms with Crippen molar-refractivity contribution >= 4 is 17.9 Å². The Hall–Kier alpha value is -4.71. The van der Waals surface area contributed by atoms with Gasteiger partial charge in [-0.25, -0.2) is 0 Å². The van der Waals surface area contributed by atoms with Crippen molar-refractivity contribution in [3.8, 4) is 0 Å². The van der Waals surface area contributed by atoms with Crippen LogP contribution in [-0.4, -0.2) is 37.2 Å². The fourth-order valence-corrected chi connectivity index (χ4v) is 8.88. The monoisotopic (exact) mass is 1120 g/mol. The van der Waals surface area contributed by atoms with Crippen LogP contribution in [0.15, 0.2) is 146 Å². The van der Waals surface area contributed by atoms with Gasteiger partial charge in [0.1, 0.15) is 13.2 Å². The van der Waals surface area contributed by atoms with Crippen molar-refractivity contribution in [2.45, 2.75) is 297 Å². The first-order chi connectivity index (χ1) is 40.0. The number of carbonyl (C=O) groups excluding carboxylic acids is 3. The quantitative estimate of drug-likeness (QED) is 0.0261. The third-order valence-electron chi connectivity index (χ3n) is 13.8. The van der Waals surface area contributed by atoms with E-state index in [4.69, 9.17) is 14.2 Å². The van der Waals surface area contributed by atoms with Gasteiger partial charge < -0.3 is 14.2 Å². The van der Waals surface area contributed by atoms with E-state index in [0.29, 0.717) is 12.8 Å². The standard InChI is InChI=1S/C75H122O6/c1-4-7-10-13-16-19-22-25-28-30-32-34-36-37-39-40-42-44-47-50-53-56-59-62-65-68-74(77)80-71-72(70-79-73(76)67-64-61-58-55-52-49-46-27-24-21-18-15-12-9-6-3)81-75(78)69-66-63-60-57-54-51-48-45-43-41-38-35-33-31-29-26-23-20-17-14-11-8-5-2/h7-8,10-11,16-21,25-29,32-35,41,43,46,48,51,72H,4-6,9,12-15,22-24,30-31,36-40,42,44-45,47,49-50,52-71H2,1-3H3/b10-7-,11-8-,19-16-,20-17-,21-18-,28-25-,29-26-,34-32-,35-33-,43-41-,46-27-,51-48-. The van der Waals surface area contributed by atoms with E-state index in [1.807, 2.05) is 0 Å². The van der Waals surface area contributed by atoms with E-state index in [-0.39, 0.29) is 37.5 Å². The molecular weight excluding hydrogens is 997 g/mol. The van der Waals surface area contributed by atoms with Gasteiger partial charge in [-0.05, 0) is 141 Å². The third kappa shape index (κ3) is 66.0. The van der Waals surface area contributed by atoms with Crippen LogP contribution in [0.3, 0.4) is 0 Å². The highest BCUT2D eigenvalue weighted by molar-refractivity contribution is 5.71. The van der Waals surface area contributed by atoms with E-state index in [9.17, 15) is 14.4 Å². The summed E-state index contributed by atoms with van der Waals surface area (Å²) >= 11 is 0. The van der Waals surface area contributed by atoms with Crippen LogP contribution in [0.4, 0.5) is 0 Å². The molecule has 0 saturated heterocycles. The maximum absolute atomic E-state index is 12.9. The summed E-state index contributed by atoms with van der Waals surface area (Å²) in [7, 11) is 0. The maximum Gasteiger partial charge on any atom is 0.306 e. The zero-order chi connectivity index (χ0) is 58.5. The highest BCUT2D eigenvalue weighted by Gasteiger charge is 2.19. The molecule has 6 nitrogen and oxygen atoms in total. The number of hydrogen-bond donors (Lipinski definition) is 0. The first kappa shape index (κ1) is 76.3. The summed E-state index contributed by atoms with van der Waals surface area (Å²) in [6.07, 6.45) is 97.1. The molecule has 0 amide bonds. The molecular formula is C75H122O6. The van der Waals surface area contributed by atoms with Crippen molar-refractivity contribution < 1.29 is 28.6 Å². The predicted octanol–water partition coefficient (Wildman–Crippen LogP) is 23.1. The van der Waals surface area contributed by atoms with E-state index in [1.165, 1.54) is 89.9 Å². The Morgan fingerprint density at radius 3 is 0.753 bits per heavy atom. The van der Waals surface area contributed by atoms with Crippen LogP contribution in [0.25, 0.3) is 0 Å². The van der Waals surface area contributed by atoms with Gasteiger partial charge in [-0.2, -0.15) is 0 Å². The average Bonchev–Trinajstić information content (AvgIpc) is 3.47. The molecule has 0 aromatic carbocycles. The summed E-state index contributed by atoms with van der Waals surface area (Å²) < 4.78 is 16.9. The Bertz CT molecular complexity index is 1760. The summed E-state index contributed by atoms with van der Waals surface area (Å²) in [5.74, 6) is -0.937. The van der Waals surface area contributed by atoms with Crippen LogP contribution in [0.1, 0.15) is 290 Å². The van der Waals surface area contributed by atoms with Crippen molar-refractivity contribution in [2.24, 2.45) is 0 Å². The van der Waals surface area contributed by atoms with Crippen LogP contribution in [0.5, 0.6) is 0 Å². The van der Waals surface area contributed by atoms with E-state index in [0.717, 1.165) is 161 Å². The van der Waals surface area contributed by atoms with E-state index < -0.39 is 6.10 Å². The molecule has 0 spiro atoms. The number of esters is 3. The number of unbranched alkanes of at least 4 members (excludes halogenated alkanes) is 24. The zero-order valence-corrected chi connectivity index (χ0v) is 52.5. The van der Waals surface area contributed by atoms with Crippen molar-refractivity contribution in [3.63, 3.8) is 0 Å². The minimum Gasteiger partial charge on any atom is -0.462 e. The molecule has 6 heteroatoms. The molecule has 0 aromatic rings. The van der Waals surface area contributed by atoms with Crippen LogP contribution in [0.2, 0.25) is 0 Å². The van der Waals surface area contributed by atoms with Gasteiger partial charge in [0.15, 0.2) is 6.10 Å². The van der Waals surface area contributed by atoms with E-state index in [2.05, 4.69) is 167 Å². The normalized spacial score (nSPS) is 13.1. The van der Waals surface area contributed by atoms with Crippen molar-refractivity contribution in [3.05, 3.63) is 146 Å². The largest absolute Gasteiger partial charge is 0.462 e. The molecule has 0 heterocycles. The second-order valence-corrected chi connectivity index (χ2v) is 21.6. The Kier molecular flexibility index (Phi) is 63.9. The smallest absolute Gasteiger partial charge is 0.306 e. The number of ether oxygens (including phenoxy) is 3. The van der Waals surface area contributed by atoms with Gasteiger partial charge in [-0.1, -0.05) is 276 Å². The zero-order valence-electron chi connectivity index (χ0n) is 52.5. The molecule has 1 unspecified atom stereocenters. The molecule has 81 heavy (non-hydrogen) atoms. The van der Waals surface area contributed by atoms with Crippen molar-refractivity contribution in [1.29, 1.82) is 0 Å². The van der Waals surface area contributed by atoms with Gasteiger partial charge in [-0.3, -0.25) is 14.4 Å². The Morgan fingerprint density at radius 2 is 0.481 bits per heavy atom. The molecule has 0 aliphatic heterocycles. The van der Waals surface area contributed by atoms with Gasteiger partial charge in [-0.15, -0.1) is 0 Å². The maximum atomic E-state index is 12.9. The van der Waals surface area contributed by atoms with Gasteiger partial charge >= 0.3 is 17.9 Å². The van der Waals surface area contributed by atoms with E-state index in [1.54, 1.807) is 0 Å². The molecule has 0 aromatic heterocycles. The van der Waals surface area contributed by atoms with Gasteiger partial charge in [0.05, 0.1) is 0 Å². The summed E-state index contributed by atoms with van der Waals surface area (Å²) in [6, 6.07) is 0. The fourth-order valence-electron chi connectivity index (χ4n) is 8.88. The summed E-state index contributed by atoms with van der Waals surface area (Å²) in [5, 5.41) is 0. The van der Waals surface area contributed by atoms with Crippen molar-refractivity contribution in [1.82, 2.24) is 0 Å². The first-order valence-corrected chi connectivity index (χ1v) is 33.3. The number of allylic oxidation sites excluding steroid dienone is 24. The minimum absolute atomic E-state index is 0.0984. The fraction of sp³-hybridized carbons (Fsp3) is 0.640. The highest BCUT2D eigenvalue weighted by Crippen LogP contribution is 2.15. The lowest BCUT2D eigenvalue weighted by Crippen LogP contribution is -2.30. The Labute approximate surface area is 499 Å². The number of rotatable bonds is 59. The first-order valence-electron chi connectivity index (χ1n) is 33.3. The van der Waals surface area contributed by atoms with Crippen LogP contribution in [-0.2, 0) is 28.6 Å². The predicted molar refractivity (Wildman–Crippen MR) is 352 cm³/mol. The van der Waals surface area contributed by atoms with Crippen molar-refractivity contribution in [2.75, 3.05) is 13.2 Å². The lowest BCUT2D eigenvalue weighted by Gasteiger charge is -2.18. The molecule has 0 aliphatic rings. The highest BCUT2D eigenvalue weighted by atomic mass is 16.6. The molecule has 0 bridgehead atoms. The summed E-state index contributed by atoms with van der Waals surface area (Å²) in [5.41, 5.74) is 0. The van der Waals surface area contributed by atoms with E-state index >= 15 is 0 Å². The average molecular weight is 1120 g/mol. The molecule has 1 atom stereocenters. The van der Waals surface area contributed by atoms with Crippen LogP contribution < -0.4 is 0 Å². The lowest BCUT2D eigenvalue weighted by atomic mass is 10.0. The Morgan fingerprint density at radius 1 is 0.259 bits per heavy atom. The molecule has 458 valence electrons. The van der Waals surface area contributed by atoms with Crippen LogP contribution in [0, 0.1) is 0 Å². The molecule has 0 rings (SSSR count). The molecule has 0 fully saturated rings. The van der Waals surface area contributed by atoms with Gasteiger partial charge in [0.25, 0.3) is 0 Å². The molecule has 0 N–H and O–H groups in total. The summed E-state index contributed by atoms with van der Waals surface area (Å²) in [6.45, 7) is 6.36. The molecule has 0 saturated carbocycles. The number of carbonyl (C=O) groups is 3. The molecule has 0 radical (unpaired) electrons. The second kappa shape index (κ2) is 67.8. The summed E-state index contributed by atoms with van der Waals surface area (Å²) in [4.78, 5) is 38.4. The second-order valence-electron chi connectivity index (χ2n) is 21.6. The minimum atomic E-state index is -0.806. The van der Waals surface area contributed by atoms with Gasteiger partial charge in [0, 0.05) is 19.3 Å². The lowest BCUT2D eigenvalue weighted by molar-refractivity contribution is -0.167.